The van der Waals surface area contributed by atoms with Crippen molar-refractivity contribution in [3.05, 3.63) is 59.4 Å². The van der Waals surface area contributed by atoms with Gasteiger partial charge in [0, 0.05) is 31.9 Å². The molecular weight excluding hydrogens is 350 g/mol. The van der Waals surface area contributed by atoms with Gasteiger partial charge in [0.2, 0.25) is 15.9 Å². The maximum atomic E-state index is 12.2. The molecule has 1 N–H and O–H groups in total. The monoisotopic (exact) mass is 375 g/mol. The number of anilines is 1. The molecule has 0 saturated heterocycles. The number of aromatic nitrogens is 1. The van der Waals surface area contributed by atoms with Gasteiger partial charge in [-0.05, 0) is 49.1 Å². The molecule has 2 rings (SSSR count). The zero-order valence-electron chi connectivity index (χ0n) is 15.4. The van der Waals surface area contributed by atoms with Crippen LogP contribution in [0.2, 0.25) is 0 Å². The van der Waals surface area contributed by atoms with Crippen LogP contribution in [0, 0.1) is 13.8 Å². The van der Waals surface area contributed by atoms with Crippen LogP contribution < -0.4 is 9.62 Å². The summed E-state index contributed by atoms with van der Waals surface area (Å²) < 4.78 is 25.8. The quantitative estimate of drug-likeness (QED) is 0.769. The molecule has 26 heavy (non-hydrogen) atoms. The number of hydrogen-bond acceptors (Lipinski definition) is 4. The molecule has 140 valence electrons. The van der Waals surface area contributed by atoms with Gasteiger partial charge in [-0.15, -0.1) is 0 Å². The number of benzene rings is 1. The number of carbonyl (C=O) groups excluding carboxylic acids is 1. The number of aryl methyl sites for hydroxylation is 1. The smallest absolute Gasteiger partial charge is 0.232 e. The fraction of sp³-hybridized carbons (Fsp3) is 0.368. The van der Waals surface area contributed by atoms with Crippen molar-refractivity contribution in [2.45, 2.75) is 33.2 Å². The lowest BCUT2D eigenvalue weighted by molar-refractivity contribution is -0.121. The number of sulfonamides is 1. The number of amides is 1. The standard InChI is InChI=1S/C19H25N3O3S/c1-15-7-4-9-18(16(15)2)22(26(3,24)25)12-6-10-19(23)21-14-17-8-5-11-20-13-17/h4-5,7-9,11,13H,6,10,12,14H2,1-3H3,(H,21,23). The Balaban J connectivity index is 1.94. The summed E-state index contributed by atoms with van der Waals surface area (Å²) >= 11 is 0. The highest BCUT2D eigenvalue weighted by molar-refractivity contribution is 7.92. The topological polar surface area (TPSA) is 79.4 Å². The zero-order chi connectivity index (χ0) is 19.2. The maximum Gasteiger partial charge on any atom is 0.232 e. The van der Waals surface area contributed by atoms with Gasteiger partial charge in [-0.1, -0.05) is 18.2 Å². The van der Waals surface area contributed by atoms with E-state index in [2.05, 4.69) is 10.3 Å². The van der Waals surface area contributed by atoms with Crippen LogP contribution in [0.25, 0.3) is 0 Å². The molecule has 1 aromatic heterocycles. The van der Waals surface area contributed by atoms with Gasteiger partial charge in [-0.25, -0.2) is 8.42 Å². The van der Waals surface area contributed by atoms with Crippen LogP contribution in [-0.4, -0.2) is 32.1 Å². The first kappa shape index (κ1) is 19.9. The summed E-state index contributed by atoms with van der Waals surface area (Å²) in [5.41, 5.74) is 3.56. The van der Waals surface area contributed by atoms with Gasteiger partial charge in [0.1, 0.15) is 0 Å². The number of nitrogens with zero attached hydrogens (tertiary/aromatic N) is 2. The molecule has 0 spiro atoms. The molecule has 0 saturated carbocycles. The minimum absolute atomic E-state index is 0.108. The first-order valence-electron chi connectivity index (χ1n) is 8.48. The van der Waals surface area contributed by atoms with E-state index in [1.807, 2.05) is 38.1 Å². The Morgan fingerprint density at radius 3 is 2.62 bits per heavy atom. The summed E-state index contributed by atoms with van der Waals surface area (Å²) in [6, 6.07) is 9.29. The Kier molecular flexibility index (Phi) is 6.74. The Bertz CT molecular complexity index is 852. The summed E-state index contributed by atoms with van der Waals surface area (Å²) in [6.07, 6.45) is 5.28. The molecule has 1 amide bonds. The largest absolute Gasteiger partial charge is 0.352 e. The second kappa shape index (κ2) is 8.80. The first-order chi connectivity index (χ1) is 12.3. The van der Waals surface area contributed by atoms with Gasteiger partial charge in [0.25, 0.3) is 0 Å². The molecule has 0 aliphatic carbocycles. The van der Waals surface area contributed by atoms with E-state index < -0.39 is 10.0 Å². The molecule has 0 fully saturated rings. The maximum absolute atomic E-state index is 12.2. The van der Waals surface area contributed by atoms with Crippen LogP contribution in [0.5, 0.6) is 0 Å². The summed E-state index contributed by atoms with van der Waals surface area (Å²) in [5.74, 6) is -0.108. The van der Waals surface area contributed by atoms with E-state index in [1.54, 1.807) is 18.5 Å². The molecule has 1 heterocycles. The Labute approximate surface area is 155 Å². The third kappa shape index (κ3) is 5.56. The predicted molar refractivity (Wildman–Crippen MR) is 103 cm³/mol. The van der Waals surface area contributed by atoms with Gasteiger partial charge in [-0.3, -0.25) is 14.1 Å². The molecule has 0 bridgehead atoms. The highest BCUT2D eigenvalue weighted by Gasteiger charge is 2.19. The van der Waals surface area contributed by atoms with Crippen LogP contribution in [0.15, 0.2) is 42.7 Å². The normalized spacial score (nSPS) is 11.2. The van der Waals surface area contributed by atoms with Gasteiger partial charge in [0.05, 0.1) is 11.9 Å². The first-order valence-corrected chi connectivity index (χ1v) is 10.3. The van der Waals surface area contributed by atoms with E-state index in [0.717, 1.165) is 16.7 Å². The fourth-order valence-corrected chi connectivity index (χ4v) is 3.66. The molecule has 0 aliphatic heterocycles. The Morgan fingerprint density at radius 2 is 1.96 bits per heavy atom. The number of nitrogens with one attached hydrogen (secondary N) is 1. The second-order valence-corrected chi connectivity index (χ2v) is 8.20. The molecule has 1 aromatic carbocycles. The van der Waals surface area contributed by atoms with Gasteiger partial charge >= 0.3 is 0 Å². The van der Waals surface area contributed by atoms with E-state index in [-0.39, 0.29) is 18.9 Å². The van der Waals surface area contributed by atoms with E-state index in [4.69, 9.17) is 0 Å². The Morgan fingerprint density at radius 1 is 1.19 bits per heavy atom. The van der Waals surface area contributed by atoms with Crippen LogP contribution in [0.1, 0.15) is 29.5 Å². The molecule has 7 heteroatoms. The van der Waals surface area contributed by atoms with Crippen LogP contribution in [0.3, 0.4) is 0 Å². The number of rotatable bonds is 8. The Hall–Kier alpha value is -2.41. The highest BCUT2D eigenvalue weighted by atomic mass is 32.2. The van der Waals surface area contributed by atoms with Crippen molar-refractivity contribution in [3.8, 4) is 0 Å². The van der Waals surface area contributed by atoms with E-state index in [9.17, 15) is 13.2 Å². The van der Waals surface area contributed by atoms with E-state index in [0.29, 0.717) is 18.7 Å². The average molecular weight is 375 g/mol. The lowest BCUT2D eigenvalue weighted by Gasteiger charge is -2.24. The van der Waals surface area contributed by atoms with Crippen molar-refractivity contribution in [1.29, 1.82) is 0 Å². The fourth-order valence-electron chi connectivity index (χ4n) is 2.65. The molecule has 0 atom stereocenters. The SMILES string of the molecule is Cc1cccc(N(CCCC(=O)NCc2cccnc2)S(C)(=O)=O)c1C. The molecule has 0 unspecified atom stereocenters. The zero-order valence-corrected chi connectivity index (χ0v) is 16.2. The van der Waals surface area contributed by atoms with Crippen LogP contribution in [-0.2, 0) is 21.4 Å². The minimum atomic E-state index is -3.42. The predicted octanol–water partition coefficient (Wildman–Crippen LogP) is 2.56. The highest BCUT2D eigenvalue weighted by Crippen LogP contribution is 2.25. The number of hydrogen-bond donors (Lipinski definition) is 1. The summed E-state index contributed by atoms with van der Waals surface area (Å²) in [4.78, 5) is 16.0. The third-order valence-electron chi connectivity index (χ3n) is 4.22. The van der Waals surface area contributed by atoms with E-state index in [1.165, 1.54) is 10.6 Å². The van der Waals surface area contributed by atoms with Crippen molar-refractivity contribution in [2.75, 3.05) is 17.1 Å². The van der Waals surface area contributed by atoms with Gasteiger partial charge < -0.3 is 5.32 Å². The van der Waals surface area contributed by atoms with Crippen molar-refractivity contribution >= 4 is 21.6 Å². The molecule has 0 radical (unpaired) electrons. The van der Waals surface area contributed by atoms with E-state index >= 15 is 0 Å². The van der Waals surface area contributed by atoms with Crippen LogP contribution in [0.4, 0.5) is 5.69 Å². The minimum Gasteiger partial charge on any atom is -0.352 e. The average Bonchev–Trinajstić information content (AvgIpc) is 2.60. The number of pyridine rings is 1. The molecule has 6 nitrogen and oxygen atoms in total. The summed E-state index contributed by atoms with van der Waals surface area (Å²) in [7, 11) is -3.42. The molecule has 0 aliphatic rings. The van der Waals surface area contributed by atoms with Gasteiger partial charge in [-0.2, -0.15) is 0 Å². The lowest BCUT2D eigenvalue weighted by Crippen LogP contribution is -2.32. The third-order valence-corrected chi connectivity index (χ3v) is 5.40. The van der Waals surface area contributed by atoms with Gasteiger partial charge in [0.15, 0.2) is 0 Å². The summed E-state index contributed by atoms with van der Waals surface area (Å²) in [6.45, 7) is 4.54. The summed E-state index contributed by atoms with van der Waals surface area (Å²) in [5, 5.41) is 2.82. The van der Waals surface area contributed by atoms with Crippen molar-refractivity contribution < 1.29 is 13.2 Å². The van der Waals surface area contributed by atoms with Crippen molar-refractivity contribution in [1.82, 2.24) is 10.3 Å². The molecular formula is C19H25N3O3S. The van der Waals surface area contributed by atoms with Crippen molar-refractivity contribution in [2.24, 2.45) is 0 Å². The molecule has 2 aromatic rings. The number of carbonyl (C=O) groups is 1. The van der Waals surface area contributed by atoms with Crippen molar-refractivity contribution in [3.63, 3.8) is 0 Å². The lowest BCUT2D eigenvalue weighted by atomic mass is 10.1. The van der Waals surface area contributed by atoms with Crippen LogP contribution >= 0.6 is 0 Å². The second-order valence-electron chi connectivity index (χ2n) is 6.30.